The third kappa shape index (κ3) is 3.15. The third-order valence-electron chi connectivity index (χ3n) is 3.67. The van der Waals surface area contributed by atoms with Crippen LogP contribution in [0, 0.1) is 6.92 Å². The molecule has 21 heavy (non-hydrogen) atoms. The van der Waals surface area contributed by atoms with Crippen LogP contribution in [0.3, 0.4) is 0 Å². The highest BCUT2D eigenvalue weighted by Gasteiger charge is 2.15. The number of nitrogens with one attached hydrogen (secondary N) is 2. The molecule has 0 aliphatic carbocycles. The van der Waals surface area contributed by atoms with Gasteiger partial charge in [-0.25, -0.2) is 13.1 Å². The summed E-state index contributed by atoms with van der Waals surface area (Å²) in [5.74, 6) is 0. The molecule has 110 valence electrons. The maximum absolute atomic E-state index is 12.3. The fourth-order valence-electron chi connectivity index (χ4n) is 2.50. The van der Waals surface area contributed by atoms with Crippen LogP contribution in [0.5, 0.6) is 0 Å². The molecule has 0 saturated carbocycles. The summed E-state index contributed by atoms with van der Waals surface area (Å²) in [5.41, 5.74) is 4.46. The molecule has 0 amide bonds. The van der Waals surface area contributed by atoms with E-state index in [-0.39, 0.29) is 0 Å². The standard InChI is InChI=1S/C16H18N2O2S/c1-12-3-2-4-16(7-12)21(19,20)18-9-13-5-6-14-10-17-11-15(14)8-13/h2-8,17-18H,9-11H2,1H3. The van der Waals surface area contributed by atoms with Crippen LogP contribution in [0.4, 0.5) is 0 Å². The molecule has 1 aliphatic rings. The van der Waals surface area contributed by atoms with E-state index < -0.39 is 10.0 Å². The van der Waals surface area contributed by atoms with Gasteiger partial charge >= 0.3 is 0 Å². The van der Waals surface area contributed by atoms with E-state index in [1.165, 1.54) is 11.1 Å². The van der Waals surface area contributed by atoms with Gasteiger partial charge in [0.25, 0.3) is 0 Å². The Balaban J connectivity index is 1.75. The summed E-state index contributed by atoms with van der Waals surface area (Å²) >= 11 is 0. The Kier molecular flexibility index (Phi) is 3.80. The average molecular weight is 302 g/mol. The Hall–Kier alpha value is -1.69. The Morgan fingerprint density at radius 2 is 1.90 bits per heavy atom. The van der Waals surface area contributed by atoms with E-state index in [9.17, 15) is 8.42 Å². The highest BCUT2D eigenvalue weighted by molar-refractivity contribution is 7.89. The average Bonchev–Trinajstić information content (AvgIpc) is 2.93. The summed E-state index contributed by atoms with van der Waals surface area (Å²) in [6.07, 6.45) is 0. The second kappa shape index (κ2) is 5.60. The monoisotopic (exact) mass is 302 g/mol. The Morgan fingerprint density at radius 3 is 2.71 bits per heavy atom. The van der Waals surface area contributed by atoms with E-state index in [1.807, 2.05) is 19.1 Å². The van der Waals surface area contributed by atoms with Crippen molar-refractivity contribution in [1.29, 1.82) is 0 Å². The molecule has 0 atom stereocenters. The van der Waals surface area contributed by atoms with Crippen molar-refractivity contribution >= 4 is 10.0 Å². The largest absolute Gasteiger partial charge is 0.309 e. The number of rotatable bonds is 4. The molecule has 2 aromatic rings. The summed E-state index contributed by atoms with van der Waals surface area (Å²) in [4.78, 5) is 0.310. The van der Waals surface area contributed by atoms with Crippen LogP contribution >= 0.6 is 0 Å². The number of aryl methyl sites for hydroxylation is 1. The Labute approximate surface area is 125 Å². The summed E-state index contributed by atoms with van der Waals surface area (Å²) in [6, 6.07) is 13.0. The first kappa shape index (κ1) is 14.3. The lowest BCUT2D eigenvalue weighted by Crippen LogP contribution is -2.23. The summed E-state index contributed by atoms with van der Waals surface area (Å²) in [7, 11) is -3.46. The number of hydrogen-bond acceptors (Lipinski definition) is 3. The van der Waals surface area contributed by atoms with Crippen LogP contribution in [0.2, 0.25) is 0 Å². The van der Waals surface area contributed by atoms with Gasteiger partial charge in [0.15, 0.2) is 0 Å². The van der Waals surface area contributed by atoms with Crippen molar-refractivity contribution in [3.63, 3.8) is 0 Å². The van der Waals surface area contributed by atoms with Crippen molar-refractivity contribution in [2.24, 2.45) is 0 Å². The normalized spacial score (nSPS) is 14.1. The van der Waals surface area contributed by atoms with Gasteiger partial charge in [0.05, 0.1) is 4.90 Å². The van der Waals surface area contributed by atoms with Crippen molar-refractivity contribution in [2.75, 3.05) is 0 Å². The van der Waals surface area contributed by atoms with Crippen LogP contribution in [0.25, 0.3) is 0 Å². The second-order valence-corrected chi connectivity index (χ2v) is 7.11. The van der Waals surface area contributed by atoms with Gasteiger partial charge in [-0.3, -0.25) is 0 Å². The fraction of sp³-hybridized carbons (Fsp3) is 0.250. The maximum atomic E-state index is 12.3. The highest BCUT2D eigenvalue weighted by atomic mass is 32.2. The van der Waals surface area contributed by atoms with Crippen LogP contribution in [-0.4, -0.2) is 8.42 Å². The molecule has 0 unspecified atom stereocenters. The molecule has 2 aromatic carbocycles. The molecule has 4 nitrogen and oxygen atoms in total. The topological polar surface area (TPSA) is 58.2 Å². The molecule has 0 fully saturated rings. The zero-order valence-electron chi connectivity index (χ0n) is 11.9. The number of hydrogen-bond donors (Lipinski definition) is 2. The first-order chi connectivity index (χ1) is 10.0. The summed E-state index contributed by atoms with van der Waals surface area (Å²) in [6.45, 7) is 3.94. The first-order valence-electron chi connectivity index (χ1n) is 6.92. The molecule has 5 heteroatoms. The summed E-state index contributed by atoms with van der Waals surface area (Å²) in [5, 5.41) is 3.28. The molecule has 0 aromatic heterocycles. The molecule has 0 spiro atoms. The van der Waals surface area contributed by atoms with Crippen molar-refractivity contribution in [3.05, 3.63) is 64.7 Å². The smallest absolute Gasteiger partial charge is 0.240 e. The fourth-order valence-corrected chi connectivity index (χ4v) is 3.62. The molecule has 1 aliphatic heterocycles. The maximum Gasteiger partial charge on any atom is 0.240 e. The van der Waals surface area contributed by atoms with Crippen LogP contribution in [-0.2, 0) is 29.7 Å². The number of fused-ring (bicyclic) bond motifs is 1. The highest BCUT2D eigenvalue weighted by Crippen LogP contribution is 2.17. The lowest BCUT2D eigenvalue weighted by molar-refractivity contribution is 0.581. The molecular formula is C16H18N2O2S. The van der Waals surface area contributed by atoms with Gasteiger partial charge in [-0.2, -0.15) is 0 Å². The van der Waals surface area contributed by atoms with E-state index in [2.05, 4.69) is 22.2 Å². The van der Waals surface area contributed by atoms with Gasteiger partial charge < -0.3 is 5.32 Å². The van der Waals surface area contributed by atoms with Gasteiger partial charge in [0, 0.05) is 19.6 Å². The van der Waals surface area contributed by atoms with Crippen LogP contribution in [0.15, 0.2) is 47.4 Å². The zero-order chi connectivity index (χ0) is 14.9. The minimum atomic E-state index is -3.46. The lowest BCUT2D eigenvalue weighted by Gasteiger charge is -2.08. The Morgan fingerprint density at radius 1 is 1.10 bits per heavy atom. The minimum Gasteiger partial charge on any atom is -0.309 e. The van der Waals surface area contributed by atoms with Crippen molar-refractivity contribution in [1.82, 2.24) is 10.0 Å². The number of benzene rings is 2. The molecule has 0 radical (unpaired) electrons. The molecule has 3 rings (SSSR count). The molecule has 2 N–H and O–H groups in total. The predicted molar refractivity (Wildman–Crippen MR) is 82.2 cm³/mol. The zero-order valence-corrected chi connectivity index (χ0v) is 12.7. The van der Waals surface area contributed by atoms with Crippen LogP contribution in [0.1, 0.15) is 22.3 Å². The number of sulfonamides is 1. The van der Waals surface area contributed by atoms with Gasteiger partial charge in [-0.15, -0.1) is 0 Å². The van der Waals surface area contributed by atoms with Crippen molar-refractivity contribution in [2.45, 2.75) is 31.5 Å². The van der Waals surface area contributed by atoms with Gasteiger partial charge in [-0.1, -0.05) is 30.3 Å². The SMILES string of the molecule is Cc1cccc(S(=O)(=O)NCc2ccc3c(c2)CNC3)c1. The molecule has 1 heterocycles. The van der Waals surface area contributed by atoms with Gasteiger partial charge in [-0.05, 0) is 41.3 Å². The predicted octanol–water partition coefficient (Wildman–Crippen LogP) is 2.08. The van der Waals surface area contributed by atoms with Crippen LogP contribution < -0.4 is 10.0 Å². The Bertz CT molecular complexity index is 770. The van der Waals surface area contributed by atoms with E-state index in [1.54, 1.807) is 18.2 Å². The quantitative estimate of drug-likeness (QED) is 0.909. The third-order valence-corrected chi connectivity index (χ3v) is 5.07. The van der Waals surface area contributed by atoms with E-state index in [0.29, 0.717) is 11.4 Å². The first-order valence-corrected chi connectivity index (χ1v) is 8.41. The van der Waals surface area contributed by atoms with Crippen molar-refractivity contribution in [3.8, 4) is 0 Å². The van der Waals surface area contributed by atoms with E-state index in [0.717, 1.165) is 24.2 Å². The lowest BCUT2D eigenvalue weighted by atomic mass is 10.1. The van der Waals surface area contributed by atoms with E-state index in [4.69, 9.17) is 0 Å². The van der Waals surface area contributed by atoms with Gasteiger partial charge in [0.1, 0.15) is 0 Å². The molecule has 0 saturated heterocycles. The van der Waals surface area contributed by atoms with Crippen molar-refractivity contribution < 1.29 is 8.42 Å². The molecule has 0 bridgehead atoms. The second-order valence-electron chi connectivity index (χ2n) is 5.35. The molecular weight excluding hydrogens is 284 g/mol. The summed E-state index contributed by atoms with van der Waals surface area (Å²) < 4.78 is 27.2. The minimum absolute atomic E-state index is 0.309. The van der Waals surface area contributed by atoms with E-state index >= 15 is 0 Å². The van der Waals surface area contributed by atoms with Gasteiger partial charge in [0.2, 0.25) is 10.0 Å².